The van der Waals surface area contributed by atoms with Crippen molar-refractivity contribution < 1.29 is 19.4 Å². The number of carboxylic acids is 1. The first-order chi connectivity index (χ1) is 13.5. The van der Waals surface area contributed by atoms with Gasteiger partial charge in [-0.25, -0.2) is 9.59 Å². The molecule has 4 nitrogen and oxygen atoms in total. The van der Waals surface area contributed by atoms with Crippen LogP contribution in [0.2, 0.25) is 0 Å². The van der Waals surface area contributed by atoms with E-state index < -0.39 is 11.9 Å². The first-order valence-corrected chi connectivity index (χ1v) is 10.7. The minimum Gasteiger partial charge on any atom is -0.478 e. The average Bonchev–Trinajstić information content (AvgIpc) is 2.70. The Kier molecular flexibility index (Phi) is 15.8. The van der Waals surface area contributed by atoms with Crippen LogP contribution in [0.25, 0.3) is 0 Å². The van der Waals surface area contributed by atoms with Gasteiger partial charge >= 0.3 is 11.9 Å². The maximum absolute atomic E-state index is 12.1. The highest BCUT2D eigenvalue weighted by Gasteiger charge is 2.21. The fourth-order valence-corrected chi connectivity index (χ4v) is 2.58. The van der Waals surface area contributed by atoms with Crippen LogP contribution in [0.15, 0.2) is 30.4 Å². The van der Waals surface area contributed by atoms with E-state index >= 15 is 0 Å². The van der Waals surface area contributed by atoms with Crippen molar-refractivity contribution >= 4 is 11.9 Å². The standard InChI is InChI=1S/C16H22O4.C8H16/c1-3-5-8-12-9-7-10-13(15(17)18)14(12)16(19)20-11-6-4-2;1-3-5-7-8-6-4-2/h7,9-10H,3-6,8,11H2,1-2H3,(H,17,18);5,7H,3-4,6,8H2,1-2H3. The molecule has 1 aromatic rings. The summed E-state index contributed by atoms with van der Waals surface area (Å²) in [6.45, 7) is 8.78. The number of allylic oxidation sites excluding steroid dienone is 2. The summed E-state index contributed by atoms with van der Waals surface area (Å²) in [6.07, 6.45) is 13.9. The van der Waals surface area contributed by atoms with Crippen molar-refractivity contribution in [2.24, 2.45) is 0 Å². The fourth-order valence-electron chi connectivity index (χ4n) is 2.58. The summed E-state index contributed by atoms with van der Waals surface area (Å²) in [6, 6.07) is 4.93. The normalized spacial score (nSPS) is 10.4. The molecule has 0 heterocycles. The zero-order chi connectivity index (χ0) is 21.2. The van der Waals surface area contributed by atoms with Gasteiger partial charge in [0.05, 0.1) is 17.7 Å². The summed E-state index contributed by atoms with van der Waals surface area (Å²) in [5, 5.41) is 9.23. The van der Waals surface area contributed by atoms with Crippen LogP contribution in [0.5, 0.6) is 0 Å². The minimum atomic E-state index is -1.09. The molecule has 1 N–H and O–H groups in total. The fraction of sp³-hybridized carbons (Fsp3) is 0.583. The molecule has 0 fully saturated rings. The summed E-state index contributed by atoms with van der Waals surface area (Å²) in [5.74, 6) is -1.62. The minimum absolute atomic E-state index is 0.0279. The summed E-state index contributed by atoms with van der Waals surface area (Å²) in [7, 11) is 0. The number of rotatable bonds is 12. The number of carboxylic acid groups (broad SMARTS) is 1. The number of esters is 1. The zero-order valence-electron chi connectivity index (χ0n) is 18.1. The number of carbonyl (C=O) groups excluding carboxylic acids is 1. The third-order valence-corrected chi connectivity index (χ3v) is 4.24. The van der Waals surface area contributed by atoms with Gasteiger partial charge in [0.1, 0.15) is 0 Å². The van der Waals surface area contributed by atoms with E-state index in [0.717, 1.165) is 31.2 Å². The smallest absolute Gasteiger partial charge is 0.339 e. The van der Waals surface area contributed by atoms with E-state index in [9.17, 15) is 14.7 Å². The largest absolute Gasteiger partial charge is 0.478 e. The van der Waals surface area contributed by atoms with E-state index in [4.69, 9.17) is 4.74 Å². The van der Waals surface area contributed by atoms with Gasteiger partial charge in [-0.1, -0.05) is 77.7 Å². The predicted octanol–water partition coefficient (Wildman–Crippen LogP) is 6.83. The Balaban J connectivity index is 0.000000769. The van der Waals surface area contributed by atoms with Gasteiger partial charge in [-0.15, -0.1) is 0 Å². The van der Waals surface area contributed by atoms with Gasteiger partial charge in [-0.05, 0) is 43.7 Å². The molecule has 1 rings (SSSR count). The lowest BCUT2D eigenvalue weighted by atomic mass is 9.97. The lowest BCUT2D eigenvalue weighted by Crippen LogP contribution is -2.15. The van der Waals surface area contributed by atoms with Crippen molar-refractivity contribution in [2.75, 3.05) is 6.61 Å². The number of carbonyl (C=O) groups is 2. The van der Waals surface area contributed by atoms with E-state index in [0.29, 0.717) is 13.0 Å². The molecular weight excluding hydrogens is 352 g/mol. The predicted molar refractivity (Wildman–Crippen MR) is 116 cm³/mol. The number of hydrogen-bond acceptors (Lipinski definition) is 3. The van der Waals surface area contributed by atoms with Crippen LogP contribution in [0, 0.1) is 0 Å². The molecular formula is C24H38O4. The Bertz CT molecular complexity index is 590. The molecule has 158 valence electrons. The van der Waals surface area contributed by atoms with Crippen molar-refractivity contribution in [3.8, 4) is 0 Å². The van der Waals surface area contributed by atoms with Crippen molar-refractivity contribution in [1.82, 2.24) is 0 Å². The highest BCUT2D eigenvalue weighted by Crippen LogP contribution is 2.19. The van der Waals surface area contributed by atoms with Gasteiger partial charge in [0.25, 0.3) is 0 Å². The van der Waals surface area contributed by atoms with Gasteiger partial charge in [-0.3, -0.25) is 0 Å². The van der Waals surface area contributed by atoms with Crippen LogP contribution in [0.1, 0.15) is 105 Å². The molecule has 0 saturated heterocycles. The van der Waals surface area contributed by atoms with Crippen LogP contribution < -0.4 is 0 Å². The molecule has 0 unspecified atom stereocenters. The Morgan fingerprint density at radius 3 is 2.21 bits per heavy atom. The summed E-state index contributed by atoms with van der Waals surface area (Å²) in [5.41, 5.74) is 0.998. The van der Waals surface area contributed by atoms with E-state index in [-0.39, 0.29) is 11.1 Å². The molecule has 0 bridgehead atoms. The van der Waals surface area contributed by atoms with Gasteiger partial charge in [0.15, 0.2) is 0 Å². The molecule has 0 aliphatic rings. The third-order valence-electron chi connectivity index (χ3n) is 4.24. The molecule has 0 aromatic heterocycles. The monoisotopic (exact) mass is 390 g/mol. The van der Waals surface area contributed by atoms with Gasteiger partial charge in [0.2, 0.25) is 0 Å². The molecule has 0 atom stereocenters. The van der Waals surface area contributed by atoms with Crippen LogP contribution >= 0.6 is 0 Å². The molecule has 0 saturated carbocycles. The second kappa shape index (κ2) is 17.0. The van der Waals surface area contributed by atoms with Gasteiger partial charge in [0, 0.05) is 0 Å². The third kappa shape index (κ3) is 10.9. The summed E-state index contributed by atoms with van der Waals surface area (Å²) < 4.78 is 5.18. The van der Waals surface area contributed by atoms with Crippen molar-refractivity contribution in [3.05, 3.63) is 47.0 Å². The lowest BCUT2D eigenvalue weighted by molar-refractivity contribution is 0.0488. The summed E-state index contributed by atoms with van der Waals surface area (Å²) >= 11 is 0. The first-order valence-electron chi connectivity index (χ1n) is 10.7. The van der Waals surface area contributed by atoms with Gasteiger partial charge < -0.3 is 9.84 Å². The highest BCUT2D eigenvalue weighted by molar-refractivity contribution is 6.03. The Hall–Kier alpha value is -2.10. The van der Waals surface area contributed by atoms with Crippen LogP contribution in [-0.4, -0.2) is 23.7 Å². The maximum Gasteiger partial charge on any atom is 0.339 e. The molecule has 0 radical (unpaired) electrons. The highest BCUT2D eigenvalue weighted by atomic mass is 16.5. The summed E-state index contributed by atoms with van der Waals surface area (Å²) in [4.78, 5) is 23.4. The number of hydrogen-bond donors (Lipinski definition) is 1. The Morgan fingerprint density at radius 1 is 0.964 bits per heavy atom. The number of aromatic carboxylic acids is 1. The Labute approximate surface area is 171 Å². The number of unbranched alkanes of at least 4 members (excludes halogenated alkanes) is 4. The van der Waals surface area contributed by atoms with E-state index in [1.807, 2.05) is 6.92 Å². The van der Waals surface area contributed by atoms with Crippen LogP contribution in [0.3, 0.4) is 0 Å². The number of aryl methyl sites for hydroxylation is 1. The SMILES string of the molecule is CCC=CCCCC.CCCCOC(=O)c1c(CCCC)cccc1C(=O)O. The van der Waals surface area contributed by atoms with Crippen molar-refractivity contribution in [3.63, 3.8) is 0 Å². The quantitative estimate of drug-likeness (QED) is 0.241. The average molecular weight is 391 g/mol. The van der Waals surface area contributed by atoms with Crippen molar-refractivity contribution in [1.29, 1.82) is 0 Å². The van der Waals surface area contributed by atoms with Crippen LogP contribution in [0.4, 0.5) is 0 Å². The van der Waals surface area contributed by atoms with Crippen molar-refractivity contribution in [2.45, 2.75) is 85.5 Å². The molecule has 1 aromatic carbocycles. The second-order valence-electron chi connectivity index (χ2n) is 6.76. The number of benzene rings is 1. The van der Waals surface area contributed by atoms with Gasteiger partial charge in [-0.2, -0.15) is 0 Å². The zero-order valence-corrected chi connectivity index (χ0v) is 18.1. The molecule has 0 aliphatic carbocycles. The topological polar surface area (TPSA) is 63.6 Å². The van der Waals surface area contributed by atoms with E-state index in [2.05, 4.69) is 32.9 Å². The van der Waals surface area contributed by atoms with E-state index in [1.165, 1.54) is 31.7 Å². The molecule has 4 heteroatoms. The Morgan fingerprint density at radius 2 is 1.64 bits per heavy atom. The lowest BCUT2D eigenvalue weighted by Gasteiger charge is -2.12. The molecule has 0 spiro atoms. The van der Waals surface area contributed by atoms with Crippen LogP contribution in [-0.2, 0) is 11.2 Å². The first kappa shape index (κ1) is 25.9. The second-order valence-corrected chi connectivity index (χ2v) is 6.76. The molecule has 0 aliphatic heterocycles. The molecule has 28 heavy (non-hydrogen) atoms. The van der Waals surface area contributed by atoms with E-state index in [1.54, 1.807) is 12.1 Å². The molecule has 0 amide bonds. The number of ether oxygens (including phenoxy) is 1. The maximum atomic E-state index is 12.1.